The van der Waals surface area contributed by atoms with Gasteiger partial charge in [-0.25, -0.2) is 14.2 Å². The Hall–Kier alpha value is -8.20. The third kappa shape index (κ3) is 8.66. The minimum atomic E-state index is -4.75. The third-order valence-corrected chi connectivity index (χ3v) is 10.2. The molecule has 0 spiro atoms. The van der Waals surface area contributed by atoms with Gasteiger partial charge in [-0.05, 0) is 114 Å². The lowest BCUT2D eigenvalue weighted by molar-refractivity contribution is -0.115. The summed E-state index contributed by atoms with van der Waals surface area (Å²) in [7, 11) is -4.75. The number of phosphoric acid groups is 1. The molecule has 8 rings (SSSR count). The number of carbonyl (C=O) groups is 3. The van der Waals surface area contributed by atoms with Gasteiger partial charge in [0.1, 0.15) is 39.9 Å². The summed E-state index contributed by atoms with van der Waals surface area (Å²) in [6.07, 6.45) is -0.187. The maximum absolute atomic E-state index is 13.5. The number of rotatable bonds is 11. The van der Waals surface area contributed by atoms with Gasteiger partial charge in [0.15, 0.2) is 5.43 Å². The number of nitrogens with one attached hydrogen (secondary N) is 2. The Labute approximate surface area is 342 Å². The van der Waals surface area contributed by atoms with Gasteiger partial charge in [0.2, 0.25) is 5.91 Å². The second-order valence-electron chi connectivity index (χ2n) is 13.5. The average molecular weight is 841 g/mol. The first-order valence-electron chi connectivity index (χ1n) is 18.0. The van der Waals surface area contributed by atoms with Crippen molar-refractivity contribution in [3.63, 3.8) is 0 Å². The van der Waals surface area contributed by atoms with Gasteiger partial charge in [-0.3, -0.25) is 19.3 Å². The van der Waals surface area contributed by atoms with E-state index < -0.39 is 31.2 Å². The molecule has 2 heterocycles. The number of amides is 2. The fourth-order valence-corrected chi connectivity index (χ4v) is 7.47. The fourth-order valence-electron chi connectivity index (χ4n) is 6.66. The van der Waals surface area contributed by atoms with Crippen LogP contribution in [-0.2, 0) is 15.8 Å². The molecule has 2 aliphatic rings. The molecule has 2 amide bonds. The Morgan fingerprint density at radius 1 is 0.639 bits per heavy atom. The summed E-state index contributed by atoms with van der Waals surface area (Å²) in [5, 5.41) is 36.2. The number of hydrogen-bond donors (Lipinski definition) is 6. The first-order chi connectivity index (χ1) is 29.2. The van der Waals surface area contributed by atoms with Crippen LogP contribution in [0, 0.1) is 0 Å². The molecule has 1 aliphatic carbocycles. The maximum atomic E-state index is 13.5. The van der Waals surface area contributed by atoms with E-state index in [9.17, 15) is 48.8 Å². The highest BCUT2D eigenvalue weighted by Gasteiger charge is 2.26. The van der Waals surface area contributed by atoms with Gasteiger partial charge in [-0.15, -0.1) is 0 Å². The monoisotopic (exact) mass is 840 g/mol. The summed E-state index contributed by atoms with van der Waals surface area (Å²) in [5.41, 5.74) is 1.06. The number of phenolic OH excluding ortho intramolecular Hbond substituents is 2. The summed E-state index contributed by atoms with van der Waals surface area (Å²) < 4.78 is 34.3. The van der Waals surface area contributed by atoms with Gasteiger partial charge < -0.3 is 43.8 Å². The molecule has 5 aromatic carbocycles. The largest absolute Gasteiger partial charge is 0.584 e. The van der Waals surface area contributed by atoms with Crippen LogP contribution in [0.1, 0.15) is 26.3 Å². The van der Waals surface area contributed by atoms with Gasteiger partial charge in [-0.1, -0.05) is 0 Å². The summed E-state index contributed by atoms with van der Waals surface area (Å²) in [6, 6.07) is 28.6. The number of fused-ring (bicyclic) bond motifs is 3. The van der Waals surface area contributed by atoms with E-state index in [2.05, 4.69) is 10.6 Å². The number of hydrogen-bond acceptors (Lipinski definition) is 12. The van der Waals surface area contributed by atoms with E-state index in [4.69, 9.17) is 17.9 Å². The highest BCUT2D eigenvalue weighted by atomic mass is 31.2. The standard InChI is InChI=1S/C44H29N2O14P/c47-27-6-14-32-24(19-41(51)58-37(32)20-27)18-40(50)45-25-2-9-30(10-3-25)59-61(55,56)60-31-11-4-26(5-12-31)46-43(52)23-1-13-33(44(53)54)36(17-23)42-34-15-7-28(48)21-38(34)57-39-22-29(49)8-16-35(39)42/h1-17,19-22,47-48H,18H2,(H,45,50)(H,46,52)(H,53,54)(H,55,56). The molecule has 0 saturated carbocycles. The molecule has 16 nitrogen and oxygen atoms in total. The Kier molecular flexibility index (Phi) is 10.3. The van der Waals surface area contributed by atoms with Crippen LogP contribution in [-0.4, -0.2) is 38.0 Å². The van der Waals surface area contributed by atoms with Gasteiger partial charge in [0.05, 0.1) is 12.0 Å². The van der Waals surface area contributed by atoms with Gasteiger partial charge in [-0.2, -0.15) is 0 Å². The molecular formula is C44H29N2O14P. The molecule has 61 heavy (non-hydrogen) atoms. The molecule has 1 unspecified atom stereocenters. The van der Waals surface area contributed by atoms with E-state index in [-0.39, 0.29) is 74.2 Å². The highest BCUT2D eigenvalue weighted by molar-refractivity contribution is 7.48. The number of phenols is 2. The molecule has 1 atom stereocenters. The minimum absolute atomic E-state index is 0.0633. The van der Waals surface area contributed by atoms with Crippen LogP contribution in [0.3, 0.4) is 0 Å². The van der Waals surface area contributed by atoms with Crippen LogP contribution in [0.5, 0.6) is 23.0 Å². The van der Waals surface area contributed by atoms with Crippen molar-refractivity contribution >= 4 is 58.9 Å². The first-order valence-corrected chi connectivity index (χ1v) is 19.5. The summed E-state index contributed by atoms with van der Waals surface area (Å²) in [4.78, 5) is 73.4. The van der Waals surface area contributed by atoms with Crippen molar-refractivity contribution in [3.8, 4) is 45.4 Å². The van der Waals surface area contributed by atoms with Crippen LogP contribution < -0.4 is 30.7 Å². The van der Waals surface area contributed by atoms with Gasteiger partial charge >= 0.3 is 19.4 Å². The van der Waals surface area contributed by atoms with E-state index in [1.807, 2.05) is 0 Å². The van der Waals surface area contributed by atoms with Crippen LogP contribution in [0.15, 0.2) is 146 Å². The maximum Gasteiger partial charge on any atom is 0.584 e. The zero-order chi connectivity index (χ0) is 43.0. The van der Waals surface area contributed by atoms with Crippen LogP contribution in [0.4, 0.5) is 11.4 Å². The lowest BCUT2D eigenvalue weighted by Crippen LogP contribution is -2.15. The minimum Gasteiger partial charge on any atom is -0.508 e. The molecule has 17 heteroatoms. The lowest BCUT2D eigenvalue weighted by Gasteiger charge is -2.17. The molecule has 0 radical (unpaired) electrons. The Balaban J connectivity index is 0.931. The zero-order valence-electron chi connectivity index (χ0n) is 31.2. The molecule has 0 saturated heterocycles. The summed E-state index contributed by atoms with van der Waals surface area (Å²) >= 11 is 0. The molecule has 6 aromatic rings. The van der Waals surface area contributed by atoms with Crippen LogP contribution in [0.2, 0.25) is 0 Å². The van der Waals surface area contributed by atoms with Crippen molar-refractivity contribution in [2.75, 3.05) is 10.6 Å². The van der Waals surface area contributed by atoms with Crippen molar-refractivity contribution in [1.29, 1.82) is 0 Å². The average Bonchev–Trinajstić information content (AvgIpc) is 3.20. The SMILES string of the molecule is O=C(Cc1cc(=O)oc2cc(O)ccc12)Nc1ccc(OP(=O)(O)Oc2ccc(NC(=O)c3ccc(C(=O)O)c(-c4c5ccc(=O)cc-5oc5cc(O)ccc45)c3)cc2)cc1. The number of benzene rings is 6. The number of carboxylic acid groups (broad SMARTS) is 1. The second kappa shape index (κ2) is 15.9. The van der Waals surface area contributed by atoms with E-state index >= 15 is 0 Å². The molecular weight excluding hydrogens is 811 g/mol. The second-order valence-corrected chi connectivity index (χ2v) is 14.8. The Bertz CT molecular complexity index is 3200. The van der Waals surface area contributed by atoms with Crippen LogP contribution in [0.25, 0.3) is 44.4 Å². The predicted molar refractivity (Wildman–Crippen MR) is 222 cm³/mol. The van der Waals surface area contributed by atoms with Crippen molar-refractivity contribution in [2.45, 2.75) is 6.42 Å². The summed E-state index contributed by atoms with van der Waals surface area (Å²) in [6.45, 7) is 0. The van der Waals surface area contributed by atoms with E-state index in [1.54, 1.807) is 6.07 Å². The lowest BCUT2D eigenvalue weighted by atomic mass is 9.89. The third-order valence-electron chi connectivity index (χ3n) is 9.31. The molecule has 0 bridgehead atoms. The molecule has 1 aromatic heterocycles. The fraction of sp³-hybridized carbons (Fsp3) is 0.0227. The van der Waals surface area contributed by atoms with Gasteiger partial charge in [0, 0.05) is 63.1 Å². The summed E-state index contributed by atoms with van der Waals surface area (Å²) in [5.74, 6) is -2.60. The number of anilines is 2. The first kappa shape index (κ1) is 39.6. The van der Waals surface area contributed by atoms with Crippen LogP contribution >= 0.6 is 7.82 Å². The Morgan fingerprint density at radius 3 is 1.89 bits per heavy atom. The van der Waals surface area contributed by atoms with E-state index in [0.29, 0.717) is 33.2 Å². The molecule has 1 aliphatic heterocycles. The number of phosphoric ester groups is 1. The quantitative estimate of drug-likeness (QED) is 0.0413. The highest BCUT2D eigenvalue weighted by Crippen LogP contribution is 2.45. The topological polar surface area (TPSA) is 252 Å². The van der Waals surface area contributed by atoms with Crippen molar-refractivity contribution in [2.24, 2.45) is 0 Å². The van der Waals surface area contributed by atoms with E-state index in [0.717, 1.165) is 0 Å². The Morgan fingerprint density at radius 2 is 1.25 bits per heavy atom. The molecule has 304 valence electrons. The van der Waals surface area contributed by atoms with E-state index in [1.165, 1.54) is 121 Å². The van der Waals surface area contributed by atoms with Crippen molar-refractivity contribution < 1.29 is 57.0 Å². The number of carboxylic acids is 1. The zero-order valence-corrected chi connectivity index (χ0v) is 32.0. The number of aromatic carboxylic acids is 1. The van der Waals surface area contributed by atoms with Crippen molar-refractivity contribution in [3.05, 3.63) is 165 Å². The number of carbonyl (C=O) groups excluding carboxylic acids is 2. The smallest absolute Gasteiger partial charge is 0.508 e. The normalized spacial score (nSPS) is 12.1. The predicted octanol–water partition coefficient (Wildman–Crippen LogP) is 7.77. The number of aromatic hydroxyl groups is 2. The molecule has 6 N–H and O–H groups in total. The van der Waals surface area contributed by atoms with Crippen molar-refractivity contribution in [1.82, 2.24) is 0 Å². The molecule has 0 fully saturated rings. The van der Waals surface area contributed by atoms with Gasteiger partial charge in [0.25, 0.3) is 5.91 Å².